The highest BCUT2D eigenvalue weighted by molar-refractivity contribution is 5.40. The van der Waals surface area contributed by atoms with Crippen molar-refractivity contribution in [2.24, 2.45) is 0 Å². The highest BCUT2D eigenvalue weighted by Gasteiger charge is 2.17. The molecular formula is C13H20O2. The largest absolute Gasteiger partial charge is 0.508 e. The minimum absolute atomic E-state index is 0.0376. The first-order valence-electron chi connectivity index (χ1n) is 5.37. The van der Waals surface area contributed by atoms with Gasteiger partial charge in [-0.25, -0.2) is 0 Å². The topological polar surface area (TPSA) is 40.5 Å². The fourth-order valence-corrected chi connectivity index (χ4v) is 1.51. The Bertz CT molecular complexity index is 337. The highest BCUT2D eigenvalue weighted by Crippen LogP contribution is 2.31. The van der Waals surface area contributed by atoms with Gasteiger partial charge in [0, 0.05) is 5.56 Å². The summed E-state index contributed by atoms with van der Waals surface area (Å²) < 4.78 is 0. The fourth-order valence-electron chi connectivity index (χ4n) is 1.51. The fraction of sp³-hybridized carbons (Fsp3) is 0.538. The molecule has 1 aromatic carbocycles. The van der Waals surface area contributed by atoms with Crippen molar-refractivity contribution in [2.75, 3.05) is 0 Å². The maximum Gasteiger partial charge on any atom is 0.121 e. The van der Waals surface area contributed by atoms with Crippen LogP contribution in [0.25, 0.3) is 0 Å². The molecular weight excluding hydrogens is 188 g/mol. The van der Waals surface area contributed by atoms with E-state index in [1.807, 2.05) is 19.1 Å². The van der Waals surface area contributed by atoms with Crippen LogP contribution < -0.4 is 0 Å². The van der Waals surface area contributed by atoms with E-state index in [1.165, 1.54) is 0 Å². The number of rotatable bonds is 2. The van der Waals surface area contributed by atoms with Crippen LogP contribution in [0.3, 0.4) is 0 Å². The zero-order valence-corrected chi connectivity index (χ0v) is 9.91. The molecule has 0 aliphatic carbocycles. The summed E-state index contributed by atoms with van der Waals surface area (Å²) in [6.07, 6.45) is 0.0357. The van der Waals surface area contributed by atoms with Gasteiger partial charge in [0.05, 0.1) is 6.10 Å². The van der Waals surface area contributed by atoms with Gasteiger partial charge in [0.25, 0.3) is 0 Å². The van der Waals surface area contributed by atoms with Crippen LogP contribution in [0.4, 0.5) is 0 Å². The van der Waals surface area contributed by atoms with Gasteiger partial charge in [-0.3, -0.25) is 0 Å². The quantitative estimate of drug-likeness (QED) is 0.784. The van der Waals surface area contributed by atoms with Crippen LogP contribution in [0.2, 0.25) is 0 Å². The van der Waals surface area contributed by atoms with E-state index in [0.717, 1.165) is 5.56 Å². The second-order valence-electron chi connectivity index (χ2n) is 4.95. The molecule has 1 rings (SSSR count). The Hall–Kier alpha value is -1.02. The third-order valence-electron chi connectivity index (χ3n) is 2.64. The maximum absolute atomic E-state index is 9.74. The van der Waals surface area contributed by atoms with E-state index in [1.54, 1.807) is 6.07 Å². The minimum atomic E-state index is -0.577. The van der Waals surface area contributed by atoms with E-state index in [0.29, 0.717) is 12.0 Å². The Labute approximate surface area is 91.6 Å². The average molecular weight is 208 g/mol. The van der Waals surface area contributed by atoms with Gasteiger partial charge >= 0.3 is 0 Å². The van der Waals surface area contributed by atoms with Crippen LogP contribution in [0.15, 0.2) is 18.2 Å². The monoisotopic (exact) mass is 208 g/mol. The van der Waals surface area contributed by atoms with Gasteiger partial charge in [-0.1, -0.05) is 33.8 Å². The molecule has 0 saturated carbocycles. The van der Waals surface area contributed by atoms with Crippen LogP contribution >= 0.6 is 0 Å². The van der Waals surface area contributed by atoms with Crippen LogP contribution in [0.5, 0.6) is 5.75 Å². The number of aliphatic hydroxyl groups excluding tert-OH is 1. The summed E-state index contributed by atoms with van der Waals surface area (Å²) in [5.74, 6) is 0.178. The number of aliphatic hydroxyl groups is 1. The van der Waals surface area contributed by atoms with Gasteiger partial charge in [0.2, 0.25) is 0 Å². The van der Waals surface area contributed by atoms with E-state index in [2.05, 4.69) is 20.8 Å². The third-order valence-corrected chi connectivity index (χ3v) is 2.64. The predicted octanol–water partition coefficient (Wildman–Crippen LogP) is 3.13. The average Bonchev–Trinajstić information content (AvgIpc) is 2.15. The molecule has 15 heavy (non-hydrogen) atoms. The summed E-state index contributed by atoms with van der Waals surface area (Å²) in [6, 6.07) is 5.46. The van der Waals surface area contributed by atoms with Crippen molar-refractivity contribution in [2.45, 2.75) is 45.6 Å². The van der Waals surface area contributed by atoms with Crippen molar-refractivity contribution in [3.63, 3.8) is 0 Å². The number of hydrogen-bond acceptors (Lipinski definition) is 2. The summed E-state index contributed by atoms with van der Waals surface area (Å²) in [6.45, 7) is 8.23. The number of phenols is 1. The lowest BCUT2D eigenvalue weighted by Gasteiger charge is -2.21. The first-order chi connectivity index (χ1) is 6.86. The molecule has 2 heteroatoms. The maximum atomic E-state index is 9.74. The Balaban J connectivity index is 3.17. The summed E-state index contributed by atoms with van der Waals surface area (Å²) in [7, 11) is 0. The Kier molecular flexibility index (Phi) is 3.40. The Morgan fingerprint density at radius 2 is 1.87 bits per heavy atom. The highest BCUT2D eigenvalue weighted by atomic mass is 16.3. The van der Waals surface area contributed by atoms with E-state index in [-0.39, 0.29) is 11.2 Å². The summed E-state index contributed by atoms with van der Waals surface area (Å²) >= 11 is 0. The van der Waals surface area contributed by atoms with Crippen molar-refractivity contribution >= 4 is 0 Å². The van der Waals surface area contributed by atoms with Crippen LogP contribution in [-0.2, 0) is 5.41 Å². The van der Waals surface area contributed by atoms with Crippen molar-refractivity contribution in [1.29, 1.82) is 0 Å². The van der Waals surface area contributed by atoms with Gasteiger partial charge in [-0.2, -0.15) is 0 Å². The Morgan fingerprint density at radius 1 is 1.27 bits per heavy atom. The number of benzene rings is 1. The lowest BCUT2D eigenvalue weighted by atomic mass is 9.85. The van der Waals surface area contributed by atoms with E-state index >= 15 is 0 Å². The molecule has 0 aromatic heterocycles. The molecule has 0 heterocycles. The summed E-state index contributed by atoms with van der Waals surface area (Å²) in [4.78, 5) is 0. The van der Waals surface area contributed by atoms with Crippen molar-refractivity contribution in [3.8, 4) is 5.75 Å². The van der Waals surface area contributed by atoms with Crippen LogP contribution in [-0.4, -0.2) is 10.2 Å². The molecule has 0 aliphatic rings. The van der Waals surface area contributed by atoms with Crippen LogP contribution in [0.1, 0.15) is 51.3 Å². The second kappa shape index (κ2) is 4.23. The summed E-state index contributed by atoms with van der Waals surface area (Å²) in [5, 5.41) is 19.4. The molecule has 0 amide bonds. The molecule has 0 spiro atoms. The lowest BCUT2D eigenvalue weighted by molar-refractivity contribution is 0.169. The molecule has 2 N–H and O–H groups in total. The smallest absolute Gasteiger partial charge is 0.121 e. The predicted molar refractivity (Wildman–Crippen MR) is 62.1 cm³/mol. The van der Waals surface area contributed by atoms with Crippen molar-refractivity contribution < 1.29 is 10.2 Å². The molecule has 0 fully saturated rings. The standard InChI is InChI=1S/C13H20O2/c1-5-11(14)10-8-9(13(2,3)4)6-7-12(10)15/h6-8,11,14-15H,5H2,1-4H3. The zero-order valence-electron chi connectivity index (χ0n) is 9.91. The van der Waals surface area contributed by atoms with Gasteiger partial charge in [-0.05, 0) is 29.5 Å². The molecule has 0 saturated heterocycles. The number of phenolic OH excluding ortho intramolecular Hbond substituents is 1. The van der Waals surface area contributed by atoms with Crippen molar-refractivity contribution in [3.05, 3.63) is 29.3 Å². The molecule has 84 valence electrons. The molecule has 0 aliphatic heterocycles. The Morgan fingerprint density at radius 3 is 2.33 bits per heavy atom. The van der Waals surface area contributed by atoms with Gasteiger partial charge in [0.1, 0.15) is 5.75 Å². The lowest BCUT2D eigenvalue weighted by Crippen LogP contribution is -2.12. The molecule has 0 bridgehead atoms. The van der Waals surface area contributed by atoms with Crippen molar-refractivity contribution in [1.82, 2.24) is 0 Å². The normalized spacial score (nSPS) is 13.9. The summed E-state index contributed by atoms with van der Waals surface area (Å²) in [5.41, 5.74) is 1.79. The van der Waals surface area contributed by atoms with Gasteiger partial charge in [-0.15, -0.1) is 0 Å². The molecule has 1 atom stereocenters. The number of hydrogen-bond donors (Lipinski definition) is 2. The zero-order chi connectivity index (χ0) is 11.6. The molecule has 1 unspecified atom stereocenters. The van der Waals surface area contributed by atoms with E-state index in [4.69, 9.17) is 0 Å². The third kappa shape index (κ3) is 2.72. The van der Waals surface area contributed by atoms with Crippen LogP contribution in [0, 0.1) is 0 Å². The number of aromatic hydroxyl groups is 1. The second-order valence-corrected chi connectivity index (χ2v) is 4.95. The molecule has 0 radical (unpaired) electrons. The molecule has 2 nitrogen and oxygen atoms in total. The van der Waals surface area contributed by atoms with E-state index in [9.17, 15) is 10.2 Å². The SMILES string of the molecule is CCC(O)c1cc(C(C)(C)C)ccc1O. The first-order valence-corrected chi connectivity index (χ1v) is 5.37. The van der Waals surface area contributed by atoms with Gasteiger partial charge in [0.15, 0.2) is 0 Å². The first kappa shape index (κ1) is 12.1. The molecule has 1 aromatic rings. The minimum Gasteiger partial charge on any atom is -0.508 e. The van der Waals surface area contributed by atoms with Gasteiger partial charge < -0.3 is 10.2 Å². The van der Waals surface area contributed by atoms with E-state index < -0.39 is 6.10 Å².